The topological polar surface area (TPSA) is 70.0 Å². The van der Waals surface area contributed by atoms with Crippen LogP contribution >= 0.6 is 11.8 Å². The molecule has 0 amide bonds. The standard InChI is InChI=1S/C24H28N2O4S/c1-7-16-10-17-11-18(9-15(3)22(17)25-14-16)29-23(31-6)19(27)13-24(4,5)20-12-21(28-8-2)30-26-20/h1,9-11,14,21,23H,8,12-13H2,2-6H3. The van der Waals surface area contributed by atoms with Crippen LogP contribution in [0.15, 0.2) is 29.6 Å². The third-order valence-corrected chi connectivity index (χ3v) is 6.01. The van der Waals surface area contributed by atoms with Gasteiger partial charge in [-0.3, -0.25) is 9.78 Å². The van der Waals surface area contributed by atoms with Crippen LogP contribution in [0.5, 0.6) is 5.75 Å². The molecule has 0 fully saturated rings. The van der Waals surface area contributed by atoms with Crippen molar-refractivity contribution in [3.8, 4) is 18.1 Å². The first-order valence-corrected chi connectivity index (χ1v) is 11.5. The number of ether oxygens (including phenoxy) is 2. The molecule has 31 heavy (non-hydrogen) atoms. The Morgan fingerprint density at radius 1 is 1.42 bits per heavy atom. The van der Waals surface area contributed by atoms with Gasteiger partial charge < -0.3 is 14.3 Å². The lowest BCUT2D eigenvalue weighted by atomic mass is 9.81. The number of oxime groups is 1. The van der Waals surface area contributed by atoms with Crippen LogP contribution in [-0.4, -0.2) is 41.1 Å². The summed E-state index contributed by atoms with van der Waals surface area (Å²) in [6, 6.07) is 5.67. The van der Waals surface area contributed by atoms with E-state index < -0.39 is 10.9 Å². The Morgan fingerprint density at radius 2 is 2.19 bits per heavy atom. The molecule has 1 aromatic carbocycles. The number of hydrogen-bond donors (Lipinski definition) is 0. The summed E-state index contributed by atoms with van der Waals surface area (Å²) in [5.41, 5.74) is 2.27. The average molecular weight is 441 g/mol. The van der Waals surface area contributed by atoms with Crippen LogP contribution in [0.3, 0.4) is 0 Å². The summed E-state index contributed by atoms with van der Waals surface area (Å²) in [7, 11) is 0. The second-order valence-electron chi connectivity index (χ2n) is 8.13. The summed E-state index contributed by atoms with van der Waals surface area (Å²) < 4.78 is 11.6. The van der Waals surface area contributed by atoms with E-state index in [0.717, 1.165) is 22.2 Å². The van der Waals surface area contributed by atoms with Crippen molar-refractivity contribution in [2.45, 2.75) is 52.3 Å². The van der Waals surface area contributed by atoms with E-state index in [9.17, 15) is 4.79 Å². The second kappa shape index (κ2) is 9.71. The van der Waals surface area contributed by atoms with Crippen molar-refractivity contribution in [2.75, 3.05) is 12.9 Å². The lowest BCUT2D eigenvalue weighted by molar-refractivity contribution is -0.123. The lowest BCUT2D eigenvalue weighted by Gasteiger charge is -2.25. The molecule has 0 bridgehead atoms. The van der Waals surface area contributed by atoms with Gasteiger partial charge in [0.2, 0.25) is 11.7 Å². The maximum atomic E-state index is 13.1. The van der Waals surface area contributed by atoms with E-state index in [1.807, 2.05) is 52.1 Å². The van der Waals surface area contributed by atoms with Gasteiger partial charge in [-0.15, -0.1) is 18.2 Å². The van der Waals surface area contributed by atoms with Crippen molar-refractivity contribution in [1.29, 1.82) is 0 Å². The minimum absolute atomic E-state index is 0.00619. The van der Waals surface area contributed by atoms with Crippen LogP contribution in [0.2, 0.25) is 0 Å². The Labute approximate surface area is 187 Å². The molecule has 0 saturated carbocycles. The van der Waals surface area contributed by atoms with Crippen LogP contribution in [0.25, 0.3) is 10.9 Å². The molecule has 2 heterocycles. The molecule has 0 saturated heterocycles. The van der Waals surface area contributed by atoms with Crippen molar-refractivity contribution in [2.24, 2.45) is 10.6 Å². The number of rotatable bonds is 9. The normalized spacial score (nSPS) is 17.0. The summed E-state index contributed by atoms with van der Waals surface area (Å²) in [5, 5.41) is 5.05. The number of benzene rings is 1. The first kappa shape index (κ1) is 23.1. The highest BCUT2D eigenvalue weighted by atomic mass is 32.2. The van der Waals surface area contributed by atoms with Crippen LogP contribution in [0.1, 0.15) is 44.7 Å². The van der Waals surface area contributed by atoms with Gasteiger partial charge >= 0.3 is 0 Å². The van der Waals surface area contributed by atoms with Gasteiger partial charge in [0.15, 0.2) is 5.78 Å². The molecule has 0 N–H and O–H groups in total. The van der Waals surface area contributed by atoms with Crippen LogP contribution in [0.4, 0.5) is 0 Å². The Morgan fingerprint density at radius 3 is 2.87 bits per heavy atom. The molecule has 7 heteroatoms. The molecule has 0 aliphatic carbocycles. The molecule has 1 aliphatic heterocycles. The van der Waals surface area contributed by atoms with Gasteiger partial charge in [-0.25, -0.2) is 0 Å². The predicted molar refractivity (Wildman–Crippen MR) is 124 cm³/mol. The zero-order valence-electron chi connectivity index (χ0n) is 18.6. The number of aryl methyl sites for hydroxylation is 1. The van der Waals surface area contributed by atoms with E-state index in [-0.39, 0.29) is 18.5 Å². The monoisotopic (exact) mass is 440 g/mol. The highest BCUT2D eigenvalue weighted by molar-refractivity contribution is 7.99. The highest BCUT2D eigenvalue weighted by Crippen LogP contribution is 2.33. The van der Waals surface area contributed by atoms with Crippen molar-refractivity contribution < 1.29 is 19.1 Å². The first-order valence-electron chi connectivity index (χ1n) is 10.2. The zero-order chi connectivity index (χ0) is 22.6. The van der Waals surface area contributed by atoms with E-state index in [0.29, 0.717) is 24.3 Å². The average Bonchev–Trinajstić information content (AvgIpc) is 3.21. The van der Waals surface area contributed by atoms with Gasteiger partial charge in [0.1, 0.15) is 5.75 Å². The molecule has 0 radical (unpaired) electrons. The van der Waals surface area contributed by atoms with Crippen molar-refractivity contribution in [3.05, 3.63) is 35.5 Å². The largest absolute Gasteiger partial charge is 0.472 e. The summed E-state index contributed by atoms with van der Waals surface area (Å²) in [6.45, 7) is 8.41. The number of Topliss-reactive ketones (excluding diaryl/α,β-unsaturated/α-hetero) is 1. The van der Waals surface area contributed by atoms with Gasteiger partial charge in [-0.2, -0.15) is 0 Å². The number of nitrogens with zero attached hydrogens (tertiary/aromatic N) is 2. The Bertz CT molecular complexity index is 1040. The lowest BCUT2D eigenvalue weighted by Crippen LogP contribution is -2.33. The molecule has 3 rings (SSSR count). The van der Waals surface area contributed by atoms with Crippen molar-refractivity contribution >= 4 is 34.2 Å². The minimum Gasteiger partial charge on any atom is -0.472 e. The molecule has 2 unspecified atom stereocenters. The number of hydrogen-bond acceptors (Lipinski definition) is 7. The van der Waals surface area contributed by atoms with Crippen molar-refractivity contribution in [1.82, 2.24) is 4.98 Å². The number of thioether (sulfide) groups is 1. The Kier molecular flexibility index (Phi) is 7.24. The minimum atomic E-state index is -0.634. The summed E-state index contributed by atoms with van der Waals surface area (Å²) in [4.78, 5) is 22.9. The molecule has 1 aromatic heterocycles. The molecule has 2 aromatic rings. The van der Waals surface area contributed by atoms with E-state index in [4.69, 9.17) is 20.7 Å². The van der Waals surface area contributed by atoms with Gasteiger partial charge in [0.25, 0.3) is 0 Å². The third kappa shape index (κ3) is 5.38. The Balaban J connectivity index is 1.73. The molecular weight excluding hydrogens is 412 g/mol. The highest BCUT2D eigenvalue weighted by Gasteiger charge is 2.37. The maximum Gasteiger partial charge on any atom is 0.232 e. The van der Waals surface area contributed by atoms with Crippen LogP contribution < -0.4 is 4.74 Å². The van der Waals surface area contributed by atoms with Crippen LogP contribution in [-0.2, 0) is 14.4 Å². The SMILES string of the molecule is C#Cc1cnc2c(C)cc(OC(SC)C(=O)CC(C)(C)C3=NOC(OCC)C3)cc2c1. The van der Waals surface area contributed by atoms with E-state index >= 15 is 0 Å². The number of ketones is 1. The zero-order valence-corrected chi connectivity index (χ0v) is 19.4. The fourth-order valence-electron chi connectivity index (χ4n) is 3.56. The fourth-order valence-corrected chi connectivity index (χ4v) is 4.12. The number of carbonyl (C=O) groups is 1. The quantitative estimate of drug-likeness (QED) is 0.415. The van der Waals surface area contributed by atoms with Gasteiger partial charge in [0, 0.05) is 35.6 Å². The maximum absolute atomic E-state index is 13.1. The fraction of sp³-hybridized carbons (Fsp3) is 0.458. The second-order valence-corrected chi connectivity index (χ2v) is 9.02. The smallest absolute Gasteiger partial charge is 0.232 e. The number of terminal acetylenes is 1. The molecule has 2 atom stereocenters. The molecule has 1 aliphatic rings. The summed E-state index contributed by atoms with van der Waals surface area (Å²) >= 11 is 1.37. The van der Waals surface area contributed by atoms with E-state index in [1.54, 1.807) is 6.20 Å². The number of aromatic nitrogens is 1. The van der Waals surface area contributed by atoms with Crippen LogP contribution in [0, 0.1) is 24.7 Å². The number of carbonyl (C=O) groups excluding carboxylic acids is 1. The third-order valence-electron chi connectivity index (χ3n) is 5.22. The van der Waals surface area contributed by atoms with Gasteiger partial charge in [-0.05, 0) is 43.9 Å². The van der Waals surface area contributed by atoms with Crippen molar-refractivity contribution in [3.63, 3.8) is 0 Å². The number of pyridine rings is 1. The van der Waals surface area contributed by atoms with Gasteiger partial charge in [-0.1, -0.05) is 24.9 Å². The summed E-state index contributed by atoms with van der Waals surface area (Å²) in [6.07, 6.45) is 9.52. The van der Waals surface area contributed by atoms with Gasteiger partial charge in [0.05, 0.1) is 17.6 Å². The first-order chi connectivity index (χ1) is 14.8. The molecule has 164 valence electrons. The molecule has 0 spiro atoms. The van der Waals surface area contributed by atoms with E-state index in [2.05, 4.69) is 16.1 Å². The predicted octanol–water partition coefficient (Wildman–Crippen LogP) is 4.72. The molecular formula is C24H28N2O4S. The summed E-state index contributed by atoms with van der Waals surface area (Å²) in [5.74, 6) is 3.21. The van der Waals surface area contributed by atoms with E-state index in [1.165, 1.54) is 11.8 Å². The Hall–Kier alpha value is -2.56. The molecule has 6 nitrogen and oxygen atoms in total. The number of fused-ring (bicyclic) bond motifs is 1.